The highest BCUT2D eigenvalue weighted by Gasteiger charge is 2.31. The van der Waals surface area contributed by atoms with Gasteiger partial charge in [0.15, 0.2) is 0 Å². The van der Waals surface area contributed by atoms with Crippen LogP contribution in [-0.2, 0) is 11.0 Å². The molecule has 116 valence electrons. The monoisotopic (exact) mass is 300 g/mol. The zero-order valence-electron chi connectivity index (χ0n) is 12.3. The summed E-state index contributed by atoms with van der Waals surface area (Å²) in [6.07, 6.45) is -4.45. The van der Waals surface area contributed by atoms with Crippen molar-refractivity contribution in [2.24, 2.45) is 0 Å². The van der Waals surface area contributed by atoms with Crippen LogP contribution >= 0.6 is 0 Å². The van der Waals surface area contributed by atoms with Crippen LogP contribution in [-0.4, -0.2) is 19.0 Å². The van der Waals surface area contributed by atoms with Gasteiger partial charge in [-0.3, -0.25) is 4.79 Å². The number of hydrogen-bond donors (Lipinski definition) is 1. The summed E-state index contributed by atoms with van der Waals surface area (Å²) < 4.78 is 38.4. The second-order valence-electron chi connectivity index (χ2n) is 4.64. The Morgan fingerprint density at radius 1 is 1.29 bits per heavy atom. The Kier molecular flexibility index (Phi) is 5.41. The number of alkyl halides is 3. The third kappa shape index (κ3) is 4.24. The van der Waals surface area contributed by atoms with E-state index in [0.29, 0.717) is 18.8 Å². The fourth-order valence-electron chi connectivity index (χ4n) is 1.88. The summed E-state index contributed by atoms with van der Waals surface area (Å²) >= 11 is 0. The van der Waals surface area contributed by atoms with Crippen LogP contribution in [0.15, 0.2) is 30.4 Å². The molecule has 1 aromatic rings. The van der Waals surface area contributed by atoms with Crippen LogP contribution in [0.1, 0.15) is 26.3 Å². The van der Waals surface area contributed by atoms with Crippen LogP contribution < -0.4 is 10.2 Å². The van der Waals surface area contributed by atoms with E-state index in [2.05, 4.69) is 11.9 Å². The van der Waals surface area contributed by atoms with Gasteiger partial charge in [-0.2, -0.15) is 13.2 Å². The summed E-state index contributed by atoms with van der Waals surface area (Å²) in [5, 5.41) is 2.49. The number of benzene rings is 1. The lowest BCUT2D eigenvalue weighted by Gasteiger charge is -2.25. The third-order valence-corrected chi connectivity index (χ3v) is 3.06. The number of carbonyl (C=O) groups excluding carboxylic acids is 1. The molecule has 6 heteroatoms. The number of amides is 1. The highest BCUT2D eigenvalue weighted by Crippen LogP contribution is 2.35. The molecule has 0 bridgehead atoms. The first-order chi connectivity index (χ1) is 9.70. The maximum absolute atomic E-state index is 12.8. The van der Waals surface area contributed by atoms with Crippen molar-refractivity contribution in [2.45, 2.75) is 26.9 Å². The summed E-state index contributed by atoms with van der Waals surface area (Å²) in [6, 6.07) is 3.35. The molecular formula is C15H19F3N2O. The highest BCUT2D eigenvalue weighted by atomic mass is 19.4. The minimum absolute atomic E-state index is 0.140. The molecule has 0 aliphatic rings. The van der Waals surface area contributed by atoms with Crippen molar-refractivity contribution < 1.29 is 18.0 Å². The van der Waals surface area contributed by atoms with Crippen LogP contribution in [0.25, 0.3) is 0 Å². The molecule has 1 rings (SSSR count). The van der Waals surface area contributed by atoms with E-state index >= 15 is 0 Å². The van der Waals surface area contributed by atoms with Crippen molar-refractivity contribution in [3.05, 3.63) is 35.9 Å². The number of rotatable bonds is 5. The number of hydrogen-bond acceptors (Lipinski definition) is 2. The second kappa shape index (κ2) is 6.65. The van der Waals surface area contributed by atoms with E-state index in [-0.39, 0.29) is 11.3 Å². The minimum atomic E-state index is -4.45. The number of nitrogens with zero attached hydrogens (tertiary/aromatic N) is 1. The quantitative estimate of drug-likeness (QED) is 0.831. The van der Waals surface area contributed by atoms with Gasteiger partial charge in [0, 0.05) is 18.7 Å². The van der Waals surface area contributed by atoms with Gasteiger partial charge in [0.2, 0.25) is 0 Å². The molecule has 21 heavy (non-hydrogen) atoms. The average molecular weight is 300 g/mol. The lowest BCUT2D eigenvalue weighted by atomic mass is 10.1. The van der Waals surface area contributed by atoms with Crippen LogP contribution in [0.3, 0.4) is 0 Å². The molecule has 0 radical (unpaired) electrons. The Hall–Kier alpha value is -1.98. The van der Waals surface area contributed by atoms with E-state index in [9.17, 15) is 18.0 Å². The smallest absolute Gasteiger partial charge is 0.370 e. The molecule has 0 aliphatic heterocycles. The zero-order valence-corrected chi connectivity index (χ0v) is 12.3. The number of anilines is 2. The minimum Gasteiger partial charge on any atom is -0.370 e. The molecule has 0 heterocycles. The van der Waals surface area contributed by atoms with Crippen molar-refractivity contribution in [1.29, 1.82) is 0 Å². The number of carbonyl (C=O) groups is 1. The van der Waals surface area contributed by atoms with E-state index in [1.165, 1.54) is 13.0 Å². The predicted octanol–water partition coefficient (Wildman–Crippen LogP) is 4.07. The molecule has 0 saturated heterocycles. The van der Waals surface area contributed by atoms with Gasteiger partial charge in [0.05, 0.1) is 16.9 Å². The molecule has 0 spiro atoms. The molecule has 0 unspecified atom stereocenters. The van der Waals surface area contributed by atoms with E-state index < -0.39 is 17.6 Å². The Morgan fingerprint density at radius 3 is 2.29 bits per heavy atom. The summed E-state index contributed by atoms with van der Waals surface area (Å²) in [5.74, 6) is -0.497. The maximum atomic E-state index is 12.8. The lowest BCUT2D eigenvalue weighted by Crippen LogP contribution is -2.24. The molecule has 1 amide bonds. The predicted molar refractivity (Wildman–Crippen MR) is 78.4 cm³/mol. The van der Waals surface area contributed by atoms with E-state index in [1.54, 1.807) is 0 Å². The van der Waals surface area contributed by atoms with Gasteiger partial charge < -0.3 is 10.2 Å². The highest BCUT2D eigenvalue weighted by molar-refractivity contribution is 6.04. The Bertz CT molecular complexity index is 534. The first-order valence-electron chi connectivity index (χ1n) is 6.63. The van der Waals surface area contributed by atoms with E-state index in [0.717, 1.165) is 12.1 Å². The molecule has 3 nitrogen and oxygen atoms in total. The fourth-order valence-corrected chi connectivity index (χ4v) is 1.88. The van der Waals surface area contributed by atoms with Gasteiger partial charge in [-0.25, -0.2) is 0 Å². The standard InChI is InChI=1S/C15H19F3N2O/c1-5-20(6-2)13-8-7-11(15(16,17)18)9-12(13)19-14(21)10(3)4/h7-9H,3,5-6H2,1-2,4H3,(H,19,21). The summed E-state index contributed by atoms with van der Waals surface area (Å²) in [4.78, 5) is 13.6. The Labute approximate surface area is 122 Å². The average Bonchev–Trinajstić information content (AvgIpc) is 2.40. The number of halogens is 3. The summed E-state index contributed by atoms with van der Waals surface area (Å²) in [6.45, 7) is 10.0. The van der Waals surface area contributed by atoms with Gasteiger partial charge in [0.25, 0.3) is 5.91 Å². The van der Waals surface area contributed by atoms with Gasteiger partial charge in [-0.05, 0) is 39.0 Å². The Balaban J connectivity index is 3.30. The second-order valence-corrected chi connectivity index (χ2v) is 4.64. The molecule has 0 atom stereocenters. The molecule has 0 aliphatic carbocycles. The van der Waals surface area contributed by atoms with Gasteiger partial charge in [-0.1, -0.05) is 6.58 Å². The maximum Gasteiger partial charge on any atom is 0.416 e. The molecule has 0 aromatic heterocycles. The van der Waals surface area contributed by atoms with Crippen LogP contribution in [0, 0.1) is 0 Å². The zero-order chi connectivity index (χ0) is 16.2. The number of nitrogens with one attached hydrogen (secondary N) is 1. The van der Waals surface area contributed by atoms with E-state index in [1.807, 2.05) is 18.7 Å². The topological polar surface area (TPSA) is 32.3 Å². The normalized spacial score (nSPS) is 11.1. The van der Waals surface area contributed by atoms with Crippen molar-refractivity contribution in [2.75, 3.05) is 23.3 Å². The Morgan fingerprint density at radius 2 is 1.86 bits per heavy atom. The van der Waals surface area contributed by atoms with Crippen LogP contribution in [0.2, 0.25) is 0 Å². The van der Waals surface area contributed by atoms with Crippen molar-refractivity contribution in [1.82, 2.24) is 0 Å². The first kappa shape index (κ1) is 17.1. The van der Waals surface area contributed by atoms with Crippen LogP contribution in [0.5, 0.6) is 0 Å². The van der Waals surface area contributed by atoms with Crippen LogP contribution in [0.4, 0.5) is 24.5 Å². The summed E-state index contributed by atoms with van der Waals surface area (Å²) in [7, 11) is 0. The lowest BCUT2D eigenvalue weighted by molar-refractivity contribution is -0.137. The van der Waals surface area contributed by atoms with Crippen molar-refractivity contribution in [3.63, 3.8) is 0 Å². The van der Waals surface area contributed by atoms with Gasteiger partial charge in [-0.15, -0.1) is 0 Å². The molecule has 1 N–H and O–H groups in total. The van der Waals surface area contributed by atoms with E-state index in [4.69, 9.17) is 0 Å². The molecule has 0 fully saturated rings. The SMILES string of the molecule is C=C(C)C(=O)Nc1cc(C(F)(F)F)ccc1N(CC)CC. The van der Waals surface area contributed by atoms with Crippen molar-refractivity contribution >= 4 is 17.3 Å². The molecule has 1 aromatic carbocycles. The fraction of sp³-hybridized carbons (Fsp3) is 0.400. The first-order valence-corrected chi connectivity index (χ1v) is 6.63. The van der Waals surface area contributed by atoms with Crippen molar-refractivity contribution in [3.8, 4) is 0 Å². The largest absolute Gasteiger partial charge is 0.416 e. The molecule has 0 saturated carbocycles. The third-order valence-electron chi connectivity index (χ3n) is 3.06. The molecular weight excluding hydrogens is 281 g/mol. The van der Waals surface area contributed by atoms with Gasteiger partial charge >= 0.3 is 6.18 Å². The summed E-state index contributed by atoms with van der Waals surface area (Å²) in [5.41, 5.74) is 0.137. The van der Waals surface area contributed by atoms with Gasteiger partial charge in [0.1, 0.15) is 0 Å².